The number of hydrogen-bond acceptors (Lipinski definition) is 4. The van der Waals surface area contributed by atoms with Gasteiger partial charge in [0.05, 0.1) is 22.5 Å². The molecule has 4 aromatic rings. The molecule has 3 aromatic carbocycles. The first-order chi connectivity index (χ1) is 17.1. The van der Waals surface area contributed by atoms with Crippen LogP contribution in [-0.4, -0.2) is 39.6 Å². The van der Waals surface area contributed by atoms with Gasteiger partial charge in [-0.15, -0.1) is 0 Å². The highest BCUT2D eigenvalue weighted by molar-refractivity contribution is 6.31. The lowest BCUT2D eigenvalue weighted by molar-refractivity contribution is -0.192. The molecule has 1 aromatic heterocycles. The van der Waals surface area contributed by atoms with Gasteiger partial charge in [0, 0.05) is 22.5 Å². The molecular formula is C26H23ClF3N3O3. The molecule has 0 saturated carbocycles. The number of nitrogens with zero attached hydrogens (tertiary/aromatic N) is 1. The third kappa shape index (κ3) is 6.87. The minimum atomic E-state index is -5.08. The van der Waals surface area contributed by atoms with E-state index in [1.165, 1.54) is 5.56 Å². The number of aromatic hydroxyl groups is 1. The van der Waals surface area contributed by atoms with E-state index in [0.717, 1.165) is 35.2 Å². The second-order valence-electron chi connectivity index (χ2n) is 7.61. The first kappa shape index (κ1) is 26.8. The fraction of sp³-hybridized carbons (Fsp3) is 0.154. The molecule has 188 valence electrons. The number of nitrogens with one attached hydrogen (secondary N) is 2. The van der Waals surface area contributed by atoms with E-state index in [1.807, 2.05) is 54.6 Å². The molecule has 0 aliphatic heterocycles. The summed E-state index contributed by atoms with van der Waals surface area (Å²) >= 11 is 6.12. The summed E-state index contributed by atoms with van der Waals surface area (Å²) in [6.07, 6.45) is -5.08. The number of carboxylic acids is 1. The van der Waals surface area contributed by atoms with Crippen molar-refractivity contribution in [3.05, 3.63) is 94.5 Å². The van der Waals surface area contributed by atoms with Gasteiger partial charge in [0.15, 0.2) is 5.88 Å². The van der Waals surface area contributed by atoms with Crippen molar-refractivity contribution in [3.63, 3.8) is 0 Å². The largest absolute Gasteiger partial charge is 0.494 e. The number of fused-ring (bicyclic) bond motifs is 1. The first-order valence-electron chi connectivity index (χ1n) is 10.8. The Morgan fingerprint density at radius 3 is 2.28 bits per heavy atom. The maximum absolute atomic E-state index is 10.7. The van der Waals surface area contributed by atoms with Crippen molar-refractivity contribution < 1.29 is 28.2 Å². The summed E-state index contributed by atoms with van der Waals surface area (Å²) in [6.45, 7) is 3.85. The number of aromatic nitrogens is 1. The predicted molar refractivity (Wildman–Crippen MR) is 134 cm³/mol. The van der Waals surface area contributed by atoms with E-state index in [2.05, 4.69) is 29.4 Å². The van der Waals surface area contributed by atoms with Crippen molar-refractivity contribution >= 4 is 39.9 Å². The zero-order chi connectivity index (χ0) is 26.3. The highest BCUT2D eigenvalue weighted by Crippen LogP contribution is 2.32. The predicted octanol–water partition coefficient (Wildman–Crippen LogP) is 6.44. The van der Waals surface area contributed by atoms with E-state index >= 15 is 0 Å². The molecule has 0 fully saturated rings. The molecule has 10 heteroatoms. The molecular weight excluding hydrogens is 495 g/mol. The molecule has 0 spiro atoms. The molecule has 0 bridgehead atoms. The number of H-pyrrole nitrogens is 1. The molecule has 0 radical (unpaired) electrons. The Bertz CT molecular complexity index is 1350. The molecule has 6 nitrogen and oxygen atoms in total. The zero-order valence-electron chi connectivity index (χ0n) is 19.1. The summed E-state index contributed by atoms with van der Waals surface area (Å²) in [7, 11) is 0. The van der Waals surface area contributed by atoms with Gasteiger partial charge in [-0.1, -0.05) is 67.1 Å². The van der Waals surface area contributed by atoms with Crippen LogP contribution in [0.5, 0.6) is 5.88 Å². The molecule has 0 unspecified atom stereocenters. The van der Waals surface area contributed by atoms with Gasteiger partial charge in [-0.3, -0.25) is 0 Å². The topological polar surface area (TPSA) is 97.7 Å². The molecule has 0 aliphatic rings. The second-order valence-corrected chi connectivity index (χ2v) is 8.05. The Labute approximate surface area is 210 Å². The highest BCUT2D eigenvalue weighted by atomic mass is 35.5. The fourth-order valence-electron chi connectivity index (χ4n) is 3.34. The second kappa shape index (κ2) is 11.7. The Morgan fingerprint density at radius 1 is 1.06 bits per heavy atom. The van der Waals surface area contributed by atoms with Crippen LogP contribution in [-0.2, 0) is 11.3 Å². The van der Waals surface area contributed by atoms with Crippen LogP contribution in [0, 0.1) is 0 Å². The number of carbonyl (C=O) groups is 1. The number of carboxylic acid groups (broad SMARTS) is 1. The van der Waals surface area contributed by atoms with Gasteiger partial charge >= 0.3 is 12.1 Å². The van der Waals surface area contributed by atoms with Crippen LogP contribution in [0.2, 0.25) is 5.02 Å². The van der Waals surface area contributed by atoms with Gasteiger partial charge < -0.3 is 20.5 Å². The lowest BCUT2D eigenvalue weighted by atomic mass is 10.0. The van der Waals surface area contributed by atoms with Crippen molar-refractivity contribution in [2.75, 3.05) is 6.54 Å². The number of aliphatic carboxylic acids is 1. The van der Waals surface area contributed by atoms with Crippen LogP contribution in [0.1, 0.15) is 23.6 Å². The van der Waals surface area contributed by atoms with Crippen molar-refractivity contribution in [3.8, 4) is 5.88 Å². The zero-order valence-corrected chi connectivity index (χ0v) is 19.9. The van der Waals surface area contributed by atoms with Crippen LogP contribution >= 0.6 is 11.6 Å². The van der Waals surface area contributed by atoms with Crippen molar-refractivity contribution in [2.45, 2.75) is 19.6 Å². The number of halogens is 4. The maximum atomic E-state index is 10.7. The number of aromatic amines is 1. The number of aliphatic imine (C=N–C) groups is 1. The monoisotopic (exact) mass is 517 g/mol. The maximum Gasteiger partial charge on any atom is 0.490 e. The third-order valence-electron chi connectivity index (χ3n) is 5.02. The summed E-state index contributed by atoms with van der Waals surface area (Å²) < 4.78 is 31.7. The Hall–Kier alpha value is -3.82. The molecule has 4 rings (SSSR count). The first-order valence-corrected chi connectivity index (χ1v) is 11.2. The Morgan fingerprint density at radius 2 is 1.69 bits per heavy atom. The third-order valence-corrected chi connectivity index (χ3v) is 5.26. The quantitative estimate of drug-likeness (QED) is 0.221. The number of benzene rings is 3. The SMILES string of the molecule is CCNCc1ccc(N=C(c2ccccc2)c2c(O)[nH]c3cc(Cl)ccc23)cc1.O=C(O)C(F)(F)F. The van der Waals surface area contributed by atoms with Crippen LogP contribution in [0.25, 0.3) is 10.9 Å². The molecule has 1 heterocycles. The summed E-state index contributed by atoms with van der Waals surface area (Å²) in [5.74, 6) is -2.68. The van der Waals surface area contributed by atoms with E-state index < -0.39 is 12.1 Å². The molecule has 4 N–H and O–H groups in total. The summed E-state index contributed by atoms with van der Waals surface area (Å²) in [5.41, 5.74) is 5.10. The Balaban J connectivity index is 0.000000454. The van der Waals surface area contributed by atoms with E-state index in [0.29, 0.717) is 16.3 Å². The van der Waals surface area contributed by atoms with Crippen LogP contribution in [0.3, 0.4) is 0 Å². The van der Waals surface area contributed by atoms with E-state index in [9.17, 15) is 18.3 Å². The molecule has 0 amide bonds. The minimum absolute atomic E-state index is 0.0774. The summed E-state index contributed by atoms with van der Waals surface area (Å²) in [5, 5.41) is 22.6. The highest BCUT2D eigenvalue weighted by Gasteiger charge is 2.38. The van der Waals surface area contributed by atoms with Gasteiger partial charge in [-0.2, -0.15) is 13.2 Å². The lowest BCUT2D eigenvalue weighted by Crippen LogP contribution is -2.21. The minimum Gasteiger partial charge on any atom is -0.494 e. The Kier molecular flexibility index (Phi) is 8.73. The molecule has 36 heavy (non-hydrogen) atoms. The molecule has 0 aliphatic carbocycles. The van der Waals surface area contributed by atoms with Crippen molar-refractivity contribution in [1.29, 1.82) is 0 Å². The van der Waals surface area contributed by atoms with Gasteiger partial charge in [-0.25, -0.2) is 9.79 Å². The van der Waals surface area contributed by atoms with Crippen molar-refractivity contribution in [1.82, 2.24) is 10.3 Å². The van der Waals surface area contributed by atoms with Gasteiger partial charge in [0.2, 0.25) is 0 Å². The van der Waals surface area contributed by atoms with Gasteiger partial charge in [-0.05, 0) is 36.4 Å². The molecule has 0 atom stereocenters. The van der Waals surface area contributed by atoms with Gasteiger partial charge in [0.1, 0.15) is 0 Å². The smallest absolute Gasteiger partial charge is 0.490 e. The normalized spacial score (nSPS) is 11.8. The summed E-state index contributed by atoms with van der Waals surface area (Å²) in [6, 6.07) is 23.5. The van der Waals surface area contributed by atoms with Crippen LogP contribution in [0.4, 0.5) is 18.9 Å². The van der Waals surface area contributed by atoms with E-state index in [-0.39, 0.29) is 5.88 Å². The standard InChI is InChI=1S/C24H22ClN3O.C2HF3O2/c1-2-26-15-16-8-11-19(12-9-16)27-23(17-6-4-3-5-7-17)22-20-13-10-18(25)14-21(20)28-24(22)29;3-2(4,5)1(6)7/h3-14,26,28-29H,2,15H2,1H3;(H,6,7). The van der Waals surface area contributed by atoms with E-state index in [4.69, 9.17) is 26.5 Å². The number of alkyl halides is 3. The van der Waals surface area contributed by atoms with E-state index in [1.54, 1.807) is 6.07 Å². The van der Waals surface area contributed by atoms with Crippen LogP contribution in [0.15, 0.2) is 77.8 Å². The fourth-order valence-corrected chi connectivity index (χ4v) is 3.51. The number of hydrogen-bond donors (Lipinski definition) is 4. The summed E-state index contributed by atoms with van der Waals surface area (Å²) in [4.78, 5) is 16.8. The van der Waals surface area contributed by atoms with Gasteiger partial charge in [0.25, 0.3) is 0 Å². The van der Waals surface area contributed by atoms with Crippen LogP contribution < -0.4 is 5.32 Å². The molecule has 0 saturated heterocycles. The average molecular weight is 518 g/mol. The average Bonchev–Trinajstić information content (AvgIpc) is 3.16. The number of rotatable bonds is 6. The lowest BCUT2D eigenvalue weighted by Gasteiger charge is -2.08. The van der Waals surface area contributed by atoms with Crippen molar-refractivity contribution in [2.24, 2.45) is 4.99 Å².